The Hall–Kier alpha value is -0.920. The minimum atomic E-state index is 0.938. The van der Waals surface area contributed by atoms with Gasteiger partial charge in [0.1, 0.15) is 0 Å². The molecule has 0 saturated heterocycles. The quantitative estimate of drug-likeness (QED) is 0.371. The van der Waals surface area contributed by atoms with Gasteiger partial charge in [0.2, 0.25) is 0 Å². The van der Waals surface area contributed by atoms with E-state index in [1.807, 2.05) is 0 Å². The highest BCUT2D eigenvalue weighted by Gasteiger charge is 1.98. The Morgan fingerprint density at radius 2 is 1.06 bits per heavy atom. The SMILES string of the molecule is C#CCCCCCCN(C)CCCCCCC#C. The first kappa shape index (κ1) is 17.1. The summed E-state index contributed by atoms with van der Waals surface area (Å²) in [4.78, 5) is 2.45. The topological polar surface area (TPSA) is 3.24 Å². The predicted molar refractivity (Wildman–Crippen MR) is 81.3 cm³/mol. The molecule has 0 rings (SSSR count). The third kappa shape index (κ3) is 13.1. The minimum absolute atomic E-state index is 0.938. The summed E-state index contributed by atoms with van der Waals surface area (Å²) in [6.45, 7) is 2.45. The molecule has 0 amide bonds. The van der Waals surface area contributed by atoms with Gasteiger partial charge in [0.25, 0.3) is 0 Å². The van der Waals surface area contributed by atoms with E-state index < -0.39 is 0 Å². The Bertz CT molecular complexity index is 217. The summed E-state index contributed by atoms with van der Waals surface area (Å²) >= 11 is 0. The van der Waals surface area contributed by atoms with Gasteiger partial charge in [-0.15, -0.1) is 24.7 Å². The Balaban J connectivity index is 3.15. The summed E-state index contributed by atoms with van der Waals surface area (Å²) in [5, 5.41) is 0. The van der Waals surface area contributed by atoms with E-state index in [0.717, 1.165) is 12.8 Å². The van der Waals surface area contributed by atoms with Crippen molar-refractivity contribution in [2.75, 3.05) is 20.1 Å². The molecule has 0 aliphatic rings. The van der Waals surface area contributed by atoms with Crippen molar-refractivity contribution in [3.63, 3.8) is 0 Å². The number of nitrogens with zero attached hydrogens (tertiary/aromatic N) is 1. The van der Waals surface area contributed by atoms with Gasteiger partial charge in [-0.1, -0.05) is 25.7 Å². The van der Waals surface area contributed by atoms with Gasteiger partial charge in [0.05, 0.1) is 0 Å². The molecule has 0 aliphatic heterocycles. The summed E-state index contributed by atoms with van der Waals surface area (Å²) < 4.78 is 0. The lowest BCUT2D eigenvalue weighted by Crippen LogP contribution is -2.20. The second kappa shape index (κ2) is 14.1. The van der Waals surface area contributed by atoms with E-state index >= 15 is 0 Å². The van der Waals surface area contributed by atoms with Crippen molar-refractivity contribution in [3.05, 3.63) is 0 Å². The molecule has 0 aromatic carbocycles. The maximum atomic E-state index is 5.22. The molecular formula is C17H29N. The van der Waals surface area contributed by atoms with Gasteiger partial charge in [-0.3, -0.25) is 0 Å². The van der Waals surface area contributed by atoms with Crippen LogP contribution in [0, 0.1) is 24.7 Å². The first-order valence-corrected chi connectivity index (χ1v) is 7.36. The van der Waals surface area contributed by atoms with Crippen LogP contribution in [0.15, 0.2) is 0 Å². The normalized spacial score (nSPS) is 10.2. The Morgan fingerprint density at radius 1 is 0.667 bits per heavy atom. The van der Waals surface area contributed by atoms with E-state index in [1.54, 1.807) is 0 Å². The van der Waals surface area contributed by atoms with Gasteiger partial charge in [-0.25, -0.2) is 0 Å². The van der Waals surface area contributed by atoms with Gasteiger partial charge < -0.3 is 4.90 Å². The second-order valence-electron chi connectivity index (χ2n) is 5.04. The van der Waals surface area contributed by atoms with Crippen molar-refractivity contribution >= 4 is 0 Å². The lowest BCUT2D eigenvalue weighted by molar-refractivity contribution is 0.315. The molecular weight excluding hydrogens is 218 g/mol. The largest absolute Gasteiger partial charge is 0.306 e. The second-order valence-corrected chi connectivity index (χ2v) is 5.04. The molecule has 0 atom stereocenters. The third-order valence-corrected chi connectivity index (χ3v) is 3.22. The molecule has 1 nitrogen and oxygen atoms in total. The maximum Gasteiger partial charge on any atom is 0.00860 e. The van der Waals surface area contributed by atoms with Crippen molar-refractivity contribution in [2.45, 2.75) is 64.2 Å². The first-order chi connectivity index (χ1) is 8.81. The van der Waals surface area contributed by atoms with Crippen molar-refractivity contribution in [3.8, 4) is 24.7 Å². The zero-order valence-electron chi connectivity index (χ0n) is 12.1. The van der Waals surface area contributed by atoms with E-state index in [2.05, 4.69) is 23.8 Å². The molecule has 102 valence electrons. The lowest BCUT2D eigenvalue weighted by Gasteiger charge is -2.16. The van der Waals surface area contributed by atoms with Crippen molar-refractivity contribution < 1.29 is 0 Å². The Morgan fingerprint density at radius 3 is 1.44 bits per heavy atom. The van der Waals surface area contributed by atoms with Gasteiger partial charge in [-0.05, 0) is 45.8 Å². The van der Waals surface area contributed by atoms with E-state index in [0.29, 0.717) is 0 Å². The number of hydrogen-bond donors (Lipinski definition) is 0. The molecule has 0 fully saturated rings. The van der Waals surface area contributed by atoms with E-state index in [9.17, 15) is 0 Å². The van der Waals surface area contributed by atoms with Crippen LogP contribution >= 0.6 is 0 Å². The standard InChI is InChI=1S/C17H29N/c1-4-6-8-10-12-14-16-18(3)17-15-13-11-9-7-5-2/h1-2H,6-17H2,3H3. The lowest BCUT2D eigenvalue weighted by atomic mass is 10.1. The fourth-order valence-corrected chi connectivity index (χ4v) is 2.04. The van der Waals surface area contributed by atoms with Gasteiger partial charge in [-0.2, -0.15) is 0 Å². The number of unbranched alkanes of at least 4 members (excludes halogenated alkanes) is 8. The monoisotopic (exact) mass is 247 g/mol. The van der Waals surface area contributed by atoms with Gasteiger partial charge >= 0.3 is 0 Å². The molecule has 1 heteroatoms. The molecule has 18 heavy (non-hydrogen) atoms. The van der Waals surface area contributed by atoms with Crippen LogP contribution < -0.4 is 0 Å². The first-order valence-electron chi connectivity index (χ1n) is 7.36. The smallest absolute Gasteiger partial charge is 0.00860 e. The molecule has 0 aromatic rings. The Labute approximate surface area is 114 Å². The van der Waals surface area contributed by atoms with Crippen LogP contribution in [-0.4, -0.2) is 25.0 Å². The fourth-order valence-electron chi connectivity index (χ4n) is 2.04. The third-order valence-electron chi connectivity index (χ3n) is 3.22. The Kier molecular flexibility index (Phi) is 13.4. The van der Waals surface area contributed by atoms with E-state index in [-0.39, 0.29) is 0 Å². The molecule has 0 unspecified atom stereocenters. The van der Waals surface area contributed by atoms with Gasteiger partial charge in [0, 0.05) is 12.8 Å². The average molecular weight is 247 g/mol. The van der Waals surface area contributed by atoms with Crippen LogP contribution in [0.25, 0.3) is 0 Å². The van der Waals surface area contributed by atoms with Crippen molar-refractivity contribution in [2.24, 2.45) is 0 Å². The predicted octanol–water partition coefficient (Wildman–Crippen LogP) is 4.09. The zero-order valence-corrected chi connectivity index (χ0v) is 12.1. The number of rotatable bonds is 12. The molecule has 0 N–H and O–H groups in total. The highest BCUT2D eigenvalue weighted by atomic mass is 15.1. The molecule has 0 bridgehead atoms. The number of terminal acetylenes is 2. The van der Waals surface area contributed by atoms with Crippen LogP contribution in [0.1, 0.15) is 64.2 Å². The molecule has 0 saturated carbocycles. The fraction of sp³-hybridized carbons (Fsp3) is 0.765. The van der Waals surface area contributed by atoms with Crippen LogP contribution in [0.5, 0.6) is 0 Å². The summed E-state index contributed by atoms with van der Waals surface area (Å²) in [7, 11) is 2.23. The molecule has 0 aliphatic carbocycles. The summed E-state index contributed by atoms with van der Waals surface area (Å²) in [6.07, 6.45) is 22.5. The highest BCUT2D eigenvalue weighted by molar-refractivity contribution is 4.83. The summed E-state index contributed by atoms with van der Waals surface area (Å²) in [5.41, 5.74) is 0. The molecule has 0 heterocycles. The molecule has 0 radical (unpaired) electrons. The van der Waals surface area contributed by atoms with Crippen LogP contribution in [0.3, 0.4) is 0 Å². The highest BCUT2D eigenvalue weighted by Crippen LogP contribution is 2.05. The van der Waals surface area contributed by atoms with Crippen LogP contribution in [0.4, 0.5) is 0 Å². The average Bonchev–Trinajstić information content (AvgIpc) is 2.38. The van der Waals surface area contributed by atoms with Crippen LogP contribution in [-0.2, 0) is 0 Å². The molecule has 0 aromatic heterocycles. The zero-order chi connectivity index (χ0) is 13.5. The van der Waals surface area contributed by atoms with Crippen LogP contribution in [0.2, 0.25) is 0 Å². The van der Waals surface area contributed by atoms with Crippen molar-refractivity contribution in [1.29, 1.82) is 0 Å². The van der Waals surface area contributed by atoms with Gasteiger partial charge in [0.15, 0.2) is 0 Å². The molecule has 0 spiro atoms. The van der Waals surface area contributed by atoms with Crippen molar-refractivity contribution in [1.82, 2.24) is 4.90 Å². The maximum absolute atomic E-state index is 5.22. The van der Waals surface area contributed by atoms with E-state index in [4.69, 9.17) is 12.8 Å². The summed E-state index contributed by atoms with van der Waals surface area (Å²) in [5.74, 6) is 5.39. The summed E-state index contributed by atoms with van der Waals surface area (Å²) in [6, 6.07) is 0. The number of hydrogen-bond acceptors (Lipinski definition) is 1. The minimum Gasteiger partial charge on any atom is -0.306 e. The van der Waals surface area contributed by atoms with E-state index in [1.165, 1.54) is 64.5 Å².